The topological polar surface area (TPSA) is 0 Å². The van der Waals surface area contributed by atoms with Gasteiger partial charge in [0.25, 0.3) is 0 Å². The van der Waals surface area contributed by atoms with Crippen molar-refractivity contribution in [2.24, 2.45) is 11.8 Å². The highest BCUT2D eigenvalue weighted by molar-refractivity contribution is 4.64. The average molecular weight is 238 g/mol. The van der Waals surface area contributed by atoms with Crippen LogP contribution in [0.5, 0.6) is 0 Å². The van der Waals surface area contributed by atoms with Crippen LogP contribution in [0.25, 0.3) is 0 Å². The van der Waals surface area contributed by atoms with Crippen molar-refractivity contribution < 1.29 is 0 Å². The van der Waals surface area contributed by atoms with Gasteiger partial charge in [0.15, 0.2) is 0 Å². The van der Waals surface area contributed by atoms with Crippen LogP contribution in [0.2, 0.25) is 0 Å². The first-order chi connectivity index (χ1) is 8.33. The maximum absolute atomic E-state index is 2.41. The fourth-order valence-corrected chi connectivity index (χ4v) is 3.14. The lowest BCUT2D eigenvalue weighted by molar-refractivity contribution is 0.345. The first-order valence-electron chi connectivity index (χ1n) is 8.33. The highest BCUT2D eigenvalue weighted by Crippen LogP contribution is 2.26. The van der Waals surface area contributed by atoms with E-state index in [0.717, 1.165) is 11.8 Å². The number of rotatable bonds is 5. The summed E-state index contributed by atoms with van der Waals surface area (Å²) in [4.78, 5) is 0. The van der Waals surface area contributed by atoms with E-state index in [0.29, 0.717) is 0 Å². The third-order valence-corrected chi connectivity index (χ3v) is 4.73. The SMILES string of the molecule is CCC(C)CCCC1CCCCCCCCC1. The van der Waals surface area contributed by atoms with E-state index in [1.54, 1.807) is 0 Å². The van der Waals surface area contributed by atoms with E-state index in [9.17, 15) is 0 Å². The normalized spacial score (nSPS) is 22.2. The van der Waals surface area contributed by atoms with Gasteiger partial charge in [-0.15, -0.1) is 0 Å². The third kappa shape index (κ3) is 7.84. The smallest absolute Gasteiger partial charge is 0.0414 e. The summed E-state index contributed by atoms with van der Waals surface area (Å²) >= 11 is 0. The lowest BCUT2D eigenvalue weighted by Gasteiger charge is -2.19. The van der Waals surface area contributed by atoms with Crippen LogP contribution < -0.4 is 0 Å². The van der Waals surface area contributed by atoms with E-state index in [1.165, 1.54) is 83.5 Å². The molecule has 1 rings (SSSR count). The van der Waals surface area contributed by atoms with Crippen LogP contribution in [-0.2, 0) is 0 Å². The first-order valence-corrected chi connectivity index (χ1v) is 8.33. The molecule has 0 spiro atoms. The minimum Gasteiger partial charge on any atom is -0.0651 e. The van der Waals surface area contributed by atoms with Gasteiger partial charge in [-0.05, 0) is 11.8 Å². The Labute approximate surface area is 110 Å². The van der Waals surface area contributed by atoms with Crippen molar-refractivity contribution >= 4 is 0 Å². The highest BCUT2D eigenvalue weighted by Gasteiger charge is 2.10. The molecule has 0 nitrogen and oxygen atoms in total. The Hall–Kier alpha value is 0. The Bertz CT molecular complexity index is 151. The van der Waals surface area contributed by atoms with E-state index in [2.05, 4.69) is 13.8 Å². The minimum absolute atomic E-state index is 0.953. The summed E-state index contributed by atoms with van der Waals surface area (Å²) in [5, 5.41) is 0. The highest BCUT2D eigenvalue weighted by atomic mass is 14.2. The molecular weight excluding hydrogens is 204 g/mol. The molecule has 1 aliphatic carbocycles. The van der Waals surface area contributed by atoms with Gasteiger partial charge in [0, 0.05) is 0 Å². The zero-order chi connectivity index (χ0) is 12.3. The van der Waals surface area contributed by atoms with Crippen molar-refractivity contribution in [2.75, 3.05) is 0 Å². The molecule has 1 fully saturated rings. The number of hydrogen-bond acceptors (Lipinski definition) is 0. The van der Waals surface area contributed by atoms with Crippen molar-refractivity contribution in [1.29, 1.82) is 0 Å². The lowest BCUT2D eigenvalue weighted by Crippen LogP contribution is -2.04. The van der Waals surface area contributed by atoms with Crippen molar-refractivity contribution in [3.05, 3.63) is 0 Å². The fourth-order valence-electron chi connectivity index (χ4n) is 3.14. The van der Waals surface area contributed by atoms with E-state index >= 15 is 0 Å². The van der Waals surface area contributed by atoms with Crippen LogP contribution in [0.4, 0.5) is 0 Å². The summed E-state index contributed by atoms with van der Waals surface area (Å²) in [7, 11) is 0. The van der Waals surface area contributed by atoms with Crippen molar-refractivity contribution in [3.8, 4) is 0 Å². The van der Waals surface area contributed by atoms with Gasteiger partial charge in [0.05, 0.1) is 0 Å². The van der Waals surface area contributed by atoms with Crippen LogP contribution in [-0.4, -0.2) is 0 Å². The van der Waals surface area contributed by atoms with Gasteiger partial charge in [0.2, 0.25) is 0 Å². The molecule has 17 heavy (non-hydrogen) atoms. The molecule has 0 aromatic heterocycles. The molecule has 102 valence electrons. The maximum Gasteiger partial charge on any atom is -0.0414 e. The van der Waals surface area contributed by atoms with E-state index in [-0.39, 0.29) is 0 Å². The molecule has 0 heteroatoms. The van der Waals surface area contributed by atoms with Gasteiger partial charge in [0.1, 0.15) is 0 Å². The monoisotopic (exact) mass is 238 g/mol. The van der Waals surface area contributed by atoms with Crippen molar-refractivity contribution in [1.82, 2.24) is 0 Å². The molecule has 0 heterocycles. The van der Waals surface area contributed by atoms with Gasteiger partial charge in [-0.25, -0.2) is 0 Å². The molecule has 0 bridgehead atoms. The molecular formula is C17H34. The lowest BCUT2D eigenvalue weighted by atomic mass is 9.87. The van der Waals surface area contributed by atoms with Crippen molar-refractivity contribution in [3.63, 3.8) is 0 Å². The second-order valence-corrected chi connectivity index (χ2v) is 6.36. The second kappa shape index (κ2) is 9.97. The molecule has 0 aromatic carbocycles. The van der Waals surface area contributed by atoms with Gasteiger partial charge in [-0.3, -0.25) is 0 Å². The Balaban J connectivity index is 2.14. The molecule has 0 radical (unpaired) electrons. The summed E-state index contributed by atoms with van der Waals surface area (Å²) in [6, 6.07) is 0. The molecule has 0 aliphatic heterocycles. The zero-order valence-electron chi connectivity index (χ0n) is 12.3. The van der Waals surface area contributed by atoms with Gasteiger partial charge >= 0.3 is 0 Å². The van der Waals surface area contributed by atoms with Crippen LogP contribution in [0.3, 0.4) is 0 Å². The summed E-state index contributed by atoms with van der Waals surface area (Å²) < 4.78 is 0. The quantitative estimate of drug-likeness (QED) is 0.524. The van der Waals surface area contributed by atoms with Gasteiger partial charge in [-0.1, -0.05) is 97.3 Å². The zero-order valence-corrected chi connectivity index (χ0v) is 12.3. The Morgan fingerprint density at radius 3 is 1.94 bits per heavy atom. The molecule has 0 aromatic rings. The molecule has 1 saturated carbocycles. The second-order valence-electron chi connectivity index (χ2n) is 6.36. The van der Waals surface area contributed by atoms with E-state index in [4.69, 9.17) is 0 Å². The van der Waals surface area contributed by atoms with Crippen LogP contribution in [0, 0.1) is 11.8 Å². The van der Waals surface area contributed by atoms with Crippen molar-refractivity contribution in [2.45, 2.75) is 97.3 Å². The first kappa shape index (κ1) is 15.1. The molecule has 0 saturated heterocycles. The Kier molecular flexibility index (Phi) is 8.83. The summed E-state index contributed by atoms with van der Waals surface area (Å²) in [5.74, 6) is 2.02. The predicted molar refractivity (Wildman–Crippen MR) is 78.3 cm³/mol. The standard InChI is InChI=1S/C17H34/c1-3-16(2)12-11-15-17-13-9-7-5-4-6-8-10-14-17/h16-17H,3-15H2,1-2H3. The molecule has 1 unspecified atom stereocenters. The molecule has 1 atom stereocenters. The average Bonchev–Trinajstić information content (AvgIpc) is 2.36. The van der Waals surface area contributed by atoms with Crippen LogP contribution in [0.15, 0.2) is 0 Å². The largest absolute Gasteiger partial charge is 0.0651 e. The minimum atomic E-state index is 0.953. The maximum atomic E-state index is 2.41. The summed E-state index contributed by atoms with van der Waals surface area (Å²) in [5.41, 5.74) is 0. The van der Waals surface area contributed by atoms with Crippen LogP contribution >= 0.6 is 0 Å². The molecule has 0 amide bonds. The fraction of sp³-hybridized carbons (Fsp3) is 1.00. The van der Waals surface area contributed by atoms with Gasteiger partial charge in [-0.2, -0.15) is 0 Å². The van der Waals surface area contributed by atoms with Crippen LogP contribution in [0.1, 0.15) is 97.3 Å². The predicted octanol–water partition coefficient (Wildman–Crippen LogP) is 6.34. The van der Waals surface area contributed by atoms with E-state index in [1.807, 2.05) is 0 Å². The third-order valence-electron chi connectivity index (χ3n) is 4.73. The Morgan fingerprint density at radius 2 is 1.41 bits per heavy atom. The summed E-state index contributed by atoms with van der Waals surface area (Å²) in [6.07, 6.45) is 19.4. The number of hydrogen-bond donors (Lipinski definition) is 0. The van der Waals surface area contributed by atoms with Gasteiger partial charge < -0.3 is 0 Å². The molecule has 1 aliphatic rings. The molecule has 0 N–H and O–H groups in total. The Morgan fingerprint density at radius 1 is 0.882 bits per heavy atom. The summed E-state index contributed by atoms with van der Waals surface area (Å²) in [6.45, 7) is 4.74. The van der Waals surface area contributed by atoms with E-state index < -0.39 is 0 Å².